The van der Waals surface area contributed by atoms with Gasteiger partial charge >= 0.3 is 49.7 Å². The van der Waals surface area contributed by atoms with E-state index in [0.29, 0.717) is 0 Å². The van der Waals surface area contributed by atoms with Crippen molar-refractivity contribution in [1.29, 1.82) is 0 Å². The zero-order valence-corrected chi connectivity index (χ0v) is 5.07. The number of aliphatic carboxylic acids is 3. The Morgan fingerprint density at radius 1 is 0.909 bits per heavy atom. The Bertz CT molecular complexity index is 137. The predicted octanol–water partition coefficient (Wildman–Crippen LogP) is -1.67. The Labute approximate surface area is 91.8 Å². The van der Waals surface area contributed by atoms with E-state index >= 15 is 0 Å². The van der Waals surface area contributed by atoms with Crippen molar-refractivity contribution < 1.29 is 29.7 Å². The van der Waals surface area contributed by atoms with Crippen molar-refractivity contribution >= 4 is 55.6 Å². The van der Waals surface area contributed by atoms with Crippen molar-refractivity contribution in [2.75, 3.05) is 0 Å². The molecule has 0 spiro atoms. The van der Waals surface area contributed by atoms with E-state index in [4.69, 9.17) is 29.7 Å². The third-order valence-electron chi connectivity index (χ3n) is 0.183. The molecule has 6 nitrogen and oxygen atoms in total. The molecule has 0 bridgehead atoms. The molecular weight excluding hydrogens is 184 g/mol. The van der Waals surface area contributed by atoms with Crippen LogP contribution in [0.1, 0.15) is 6.92 Å². The molecule has 0 aliphatic carbocycles. The third kappa shape index (κ3) is 42.2. The van der Waals surface area contributed by atoms with E-state index in [9.17, 15) is 0 Å². The summed E-state index contributed by atoms with van der Waals surface area (Å²) in [5.41, 5.74) is 0. The third-order valence-corrected chi connectivity index (χ3v) is 0.183. The van der Waals surface area contributed by atoms with Crippen LogP contribution in [-0.2, 0) is 14.4 Å². The monoisotopic (exact) mass is 192 g/mol. The number of carboxylic acids is 3. The van der Waals surface area contributed by atoms with Gasteiger partial charge in [-0.25, -0.2) is 9.59 Å². The summed E-state index contributed by atoms with van der Waals surface area (Å²) < 4.78 is 0. The van der Waals surface area contributed by atoms with Crippen molar-refractivity contribution in [3.63, 3.8) is 0 Å². The second kappa shape index (κ2) is 9.67. The summed E-state index contributed by atoms with van der Waals surface area (Å²) in [5, 5.41) is 22.2. The number of carboxylic acid groups (broad SMARTS) is 3. The normalized spacial score (nSPS) is 6.27. The molecule has 0 saturated carbocycles. The van der Waals surface area contributed by atoms with Gasteiger partial charge in [0.05, 0.1) is 0 Å². The maximum absolute atomic E-state index is 9.10. The minimum atomic E-state index is -1.82. The predicted molar refractivity (Wildman–Crippen MR) is 37.1 cm³/mol. The Morgan fingerprint density at radius 2 is 1.00 bits per heavy atom. The quantitative estimate of drug-likeness (QED) is 0.312. The molecule has 62 valence electrons. The molecule has 0 aromatic carbocycles. The summed E-state index contributed by atoms with van der Waals surface area (Å²) in [7, 11) is 0. The van der Waals surface area contributed by atoms with E-state index in [1.54, 1.807) is 0 Å². The van der Waals surface area contributed by atoms with Crippen LogP contribution in [-0.4, -0.2) is 71.0 Å². The van der Waals surface area contributed by atoms with Crippen LogP contribution in [0.15, 0.2) is 0 Å². The molecule has 0 atom stereocenters. The van der Waals surface area contributed by atoms with E-state index in [1.807, 2.05) is 0 Å². The van der Waals surface area contributed by atoms with Crippen LogP contribution >= 0.6 is 0 Å². The summed E-state index contributed by atoms with van der Waals surface area (Å²) in [4.78, 5) is 27.2. The van der Waals surface area contributed by atoms with Gasteiger partial charge in [-0.2, -0.15) is 0 Å². The molecule has 0 fully saturated rings. The summed E-state index contributed by atoms with van der Waals surface area (Å²) in [6, 6.07) is 0. The van der Waals surface area contributed by atoms with Crippen LogP contribution in [0.4, 0.5) is 0 Å². The zero-order chi connectivity index (χ0) is 8.73. The molecule has 3 N–H and O–H groups in total. The van der Waals surface area contributed by atoms with Crippen molar-refractivity contribution in [2.45, 2.75) is 6.92 Å². The van der Waals surface area contributed by atoms with Gasteiger partial charge in [0.1, 0.15) is 0 Å². The van der Waals surface area contributed by atoms with E-state index in [-0.39, 0.29) is 37.7 Å². The van der Waals surface area contributed by atoms with Crippen LogP contribution in [0.5, 0.6) is 0 Å². The molecule has 0 aliphatic rings. The van der Waals surface area contributed by atoms with E-state index in [1.165, 1.54) is 0 Å². The summed E-state index contributed by atoms with van der Waals surface area (Å²) in [6.45, 7) is 1.08. The Morgan fingerprint density at radius 3 is 1.00 bits per heavy atom. The average molecular weight is 192 g/mol. The second-order valence-electron chi connectivity index (χ2n) is 1.13. The molecule has 0 heterocycles. The van der Waals surface area contributed by atoms with Gasteiger partial charge in [0.25, 0.3) is 5.97 Å². The van der Waals surface area contributed by atoms with Crippen molar-refractivity contribution in [3.05, 3.63) is 0 Å². The Balaban J connectivity index is -0.000000114. The number of rotatable bonds is 0. The first kappa shape index (κ1) is 17.0. The molecule has 0 aliphatic heterocycles. The van der Waals surface area contributed by atoms with Gasteiger partial charge in [0, 0.05) is 6.92 Å². The van der Waals surface area contributed by atoms with Crippen molar-refractivity contribution in [3.8, 4) is 0 Å². The van der Waals surface area contributed by atoms with Gasteiger partial charge in [-0.05, 0) is 0 Å². The van der Waals surface area contributed by atoms with Crippen LogP contribution in [0.2, 0.25) is 0 Å². The summed E-state index contributed by atoms with van der Waals surface area (Å²) in [6.07, 6.45) is 0. The zero-order valence-electron chi connectivity index (χ0n) is 5.07. The van der Waals surface area contributed by atoms with E-state index in [0.717, 1.165) is 6.92 Å². The first-order chi connectivity index (χ1) is 4.37. The standard InChI is InChI=1S/C2H2O4.C2H4O2.Ca.2H/c3-1(4)2(5)6;1-2(3)4;;;/h(H,3,4)(H,5,6);1H3,(H,3,4);;;. The first-order valence-corrected chi connectivity index (χ1v) is 2.03. The molecule has 0 amide bonds. The topological polar surface area (TPSA) is 112 Å². The fraction of sp³-hybridized carbons (Fsp3) is 0.250. The fourth-order valence-corrected chi connectivity index (χ4v) is 0. The molecule has 0 saturated heterocycles. The van der Waals surface area contributed by atoms with Crippen molar-refractivity contribution in [1.82, 2.24) is 0 Å². The fourth-order valence-electron chi connectivity index (χ4n) is 0. The molecular formula is C4H8CaO6. The Kier molecular flexibility index (Phi) is 14.9. The number of carbonyl (C=O) groups is 3. The molecule has 0 unspecified atom stereocenters. The van der Waals surface area contributed by atoms with Crippen LogP contribution < -0.4 is 0 Å². The molecule has 0 rings (SSSR count). The minimum absolute atomic E-state index is 0. The van der Waals surface area contributed by atoms with Crippen molar-refractivity contribution in [2.24, 2.45) is 0 Å². The van der Waals surface area contributed by atoms with Gasteiger partial charge < -0.3 is 15.3 Å². The van der Waals surface area contributed by atoms with Gasteiger partial charge in [-0.15, -0.1) is 0 Å². The first-order valence-electron chi connectivity index (χ1n) is 2.03. The molecule has 0 aromatic rings. The van der Waals surface area contributed by atoms with Gasteiger partial charge in [-0.3, -0.25) is 4.79 Å². The van der Waals surface area contributed by atoms with Gasteiger partial charge in [0.15, 0.2) is 0 Å². The molecule has 0 radical (unpaired) electrons. The second-order valence-corrected chi connectivity index (χ2v) is 1.13. The van der Waals surface area contributed by atoms with Gasteiger partial charge in [0.2, 0.25) is 0 Å². The maximum atomic E-state index is 9.10. The van der Waals surface area contributed by atoms with Crippen LogP contribution in [0.3, 0.4) is 0 Å². The summed E-state index contributed by atoms with van der Waals surface area (Å²) in [5.74, 6) is -4.48. The van der Waals surface area contributed by atoms with E-state index in [2.05, 4.69) is 0 Å². The van der Waals surface area contributed by atoms with Gasteiger partial charge in [-0.1, -0.05) is 0 Å². The van der Waals surface area contributed by atoms with Crippen LogP contribution in [0.25, 0.3) is 0 Å². The Hall–Kier alpha value is -0.330. The number of hydrogen-bond donors (Lipinski definition) is 3. The molecule has 11 heavy (non-hydrogen) atoms. The molecule has 0 aromatic heterocycles. The SMILES string of the molecule is CC(=O)O.O=C(O)C(=O)O.[CaH2]. The van der Waals surface area contributed by atoms with E-state index < -0.39 is 17.9 Å². The number of hydrogen-bond acceptors (Lipinski definition) is 3. The summed E-state index contributed by atoms with van der Waals surface area (Å²) >= 11 is 0. The molecule has 7 heteroatoms. The average Bonchev–Trinajstić information content (AvgIpc) is 1.63. The van der Waals surface area contributed by atoms with Crippen LogP contribution in [0, 0.1) is 0 Å².